The van der Waals surface area contributed by atoms with Crippen LogP contribution in [-0.4, -0.2) is 20.7 Å². The van der Waals surface area contributed by atoms with Crippen molar-refractivity contribution < 1.29 is 4.79 Å². The van der Waals surface area contributed by atoms with Gasteiger partial charge in [-0.15, -0.1) is 0 Å². The molecule has 0 heterocycles. The van der Waals surface area contributed by atoms with Gasteiger partial charge in [0.2, 0.25) is 0 Å². The summed E-state index contributed by atoms with van der Waals surface area (Å²) in [6, 6.07) is 10.5. The van der Waals surface area contributed by atoms with Crippen LogP contribution in [0.15, 0.2) is 30.3 Å². The third kappa shape index (κ3) is 2.39. The van der Waals surface area contributed by atoms with Crippen LogP contribution < -0.4 is 4.46 Å². The Kier molecular flexibility index (Phi) is 3.51. The van der Waals surface area contributed by atoms with Gasteiger partial charge in [-0.2, -0.15) is 0 Å². The van der Waals surface area contributed by atoms with Gasteiger partial charge in [0.05, 0.1) is 0 Å². The van der Waals surface area contributed by atoms with Crippen molar-refractivity contribution >= 4 is 25.2 Å². The van der Waals surface area contributed by atoms with Gasteiger partial charge in [0.25, 0.3) is 0 Å². The van der Waals surface area contributed by atoms with Crippen molar-refractivity contribution in [2.24, 2.45) is 5.92 Å². The fourth-order valence-corrected chi connectivity index (χ4v) is 5.23. The molecule has 1 fully saturated rings. The summed E-state index contributed by atoms with van der Waals surface area (Å²) in [7, 11) is 0. The normalized spacial score (nSPS) is 30.4. The molecule has 1 saturated carbocycles. The van der Waals surface area contributed by atoms with Gasteiger partial charge < -0.3 is 0 Å². The van der Waals surface area contributed by atoms with Crippen molar-refractivity contribution in [3.05, 3.63) is 30.3 Å². The minimum atomic E-state index is -0.0635. The molecule has 16 heavy (non-hydrogen) atoms. The zero-order valence-corrected chi connectivity index (χ0v) is 11.6. The van der Waals surface area contributed by atoms with Gasteiger partial charge >= 0.3 is 104 Å². The first kappa shape index (κ1) is 11.9. The van der Waals surface area contributed by atoms with Crippen LogP contribution in [0.1, 0.15) is 33.1 Å². The Bertz CT molecular complexity index is 374. The molecule has 0 bridgehead atoms. The van der Waals surface area contributed by atoms with Crippen LogP contribution in [0.4, 0.5) is 0 Å². The fourth-order valence-electron chi connectivity index (χ4n) is 2.37. The van der Waals surface area contributed by atoms with E-state index in [4.69, 9.17) is 0 Å². The Morgan fingerprint density at radius 2 is 2.00 bits per heavy atom. The first-order valence-corrected chi connectivity index (χ1v) is 7.61. The number of hydrogen-bond acceptors (Lipinski definition) is 1. The Morgan fingerprint density at radius 3 is 2.69 bits per heavy atom. The molecule has 0 aromatic heterocycles. The molecule has 0 aliphatic heterocycles. The van der Waals surface area contributed by atoms with E-state index in [2.05, 4.69) is 38.1 Å². The van der Waals surface area contributed by atoms with Crippen LogP contribution in [0.3, 0.4) is 0 Å². The monoisotopic (exact) mass is 282 g/mol. The van der Waals surface area contributed by atoms with E-state index in [-0.39, 0.29) is 25.2 Å². The van der Waals surface area contributed by atoms with E-state index in [0.717, 1.165) is 12.8 Å². The number of rotatable bonds is 2. The maximum atomic E-state index is 12.3. The van der Waals surface area contributed by atoms with E-state index < -0.39 is 0 Å². The molecule has 86 valence electrons. The van der Waals surface area contributed by atoms with Gasteiger partial charge in [-0.25, -0.2) is 0 Å². The van der Waals surface area contributed by atoms with Crippen LogP contribution in [0.2, 0.25) is 4.31 Å². The predicted octanol–water partition coefficient (Wildman–Crippen LogP) is 2.58. The fraction of sp³-hybridized carbons (Fsp3) is 0.500. The van der Waals surface area contributed by atoms with E-state index in [9.17, 15) is 4.79 Å². The minimum absolute atomic E-state index is 0.0635. The number of benzene rings is 1. The van der Waals surface area contributed by atoms with Crippen molar-refractivity contribution in [1.29, 1.82) is 0 Å². The molecular weight excluding hydrogens is 263 g/mol. The molecule has 2 heteroatoms. The van der Waals surface area contributed by atoms with Crippen LogP contribution in [0, 0.1) is 5.92 Å². The second-order valence-corrected chi connectivity index (χ2v) is 8.11. The molecule has 1 aliphatic rings. The van der Waals surface area contributed by atoms with Crippen molar-refractivity contribution in [2.45, 2.75) is 37.4 Å². The number of Topliss-reactive ketones (excluding diaryl/α,β-unsaturated/α-hetero) is 1. The zero-order chi connectivity index (χ0) is 11.6. The van der Waals surface area contributed by atoms with E-state index in [1.54, 1.807) is 0 Å². The summed E-state index contributed by atoms with van der Waals surface area (Å²) in [4.78, 5) is 12.3. The van der Waals surface area contributed by atoms with Gasteiger partial charge in [-0.1, -0.05) is 0 Å². The molecule has 0 N–H and O–H groups in total. The average molecular weight is 281 g/mol. The first-order valence-electron chi connectivity index (χ1n) is 5.90. The first-order chi connectivity index (χ1) is 7.62. The second-order valence-electron chi connectivity index (χ2n) is 4.80. The molecule has 1 aromatic carbocycles. The van der Waals surface area contributed by atoms with Crippen molar-refractivity contribution in [1.82, 2.24) is 0 Å². The quantitative estimate of drug-likeness (QED) is 0.762. The molecule has 1 aliphatic carbocycles. The molecule has 2 rings (SSSR count). The molecule has 2 unspecified atom stereocenters. The summed E-state index contributed by atoms with van der Waals surface area (Å²) in [6.45, 7) is 4.25. The molecule has 0 spiro atoms. The summed E-state index contributed by atoms with van der Waals surface area (Å²) >= 11 is 0.278. The number of carbonyl (C=O) groups excluding carboxylic acids is 1. The summed E-state index contributed by atoms with van der Waals surface area (Å²) in [5.74, 6) is 0.756. The van der Waals surface area contributed by atoms with E-state index >= 15 is 0 Å². The number of carbonyl (C=O) groups is 1. The van der Waals surface area contributed by atoms with Gasteiger partial charge in [-0.05, 0) is 0 Å². The zero-order valence-electron chi connectivity index (χ0n) is 9.90. The topological polar surface area (TPSA) is 17.1 Å². The molecule has 0 radical (unpaired) electrons. The maximum absolute atomic E-state index is 12.3. The average Bonchev–Trinajstić information content (AvgIpc) is 2.27. The Morgan fingerprint density at radius 1 is 1.31 bits per heavy atom. The van der Waals surface area contributed by atoms with Gasteiger partial charge in [-0.3, -0.25) is 0 Å². The summed E-state index contributed by atoms with van der Waals surface area (Å²) < 4.78 is 1.28. The van der Waals surface area contributed by atoms with Gasteiger partial charge in [0.1, 0.15) is 0 Å². The molecule has 0 saturated heterocycles. The third-order valence-electron chi connectivity index (χ3n) is 3.35. The van der Waals surface area contributed by atoms with Gasteiger partial charge in [0.15, 0.2) is 0 Å². The molecule has 2 atom stereocenters. The SMILES string of the molecule is CC1CCCC(C)([Se]c2ccccc2)C1=O. The standard InChI is InChI=1S/C14H18OSe/c1-11-7-6-10-14(2,13(11)15)16-12-8-4-3-5-9-12/h3-5,8-9,11H,6-7,10H2,1-2H3. The Hall–Kier alpha value is -0.591. The van der Waals surface area contributed by atoms with E-state index in [0.29, 0.717) is 5.78 Å². The molecule has 1 nitrogen and oxygen atoms in total. The van der Waals surface area contributed by atoms with Gasteiger partial charge in [0, 0.05) is 0 Å². The predicted molar refractivity (Wildman–Crippen MR) is 68.2 cm³/mol. The van der Waals surface area contributed by atoms with E-state index in [1.165, 1.54) is 10.9 Å². The molecule has 1 aromatic rings. The van der Waals surface area contributed by atoms with Crippen molar-refractivity contribution in [3.8, 4) is 0 Å². The molecule has 0 amide bonds. The second kappa shape index (κ2) is 4.73. The third-order valence-corrected chi connectivity index (χ3v) is 6.21. The van der Waals surface area contributed by atoms with Crippen LogP contribution in [-0.2, 0) is 4.79 Å². The van der Waals surface area contributed by atoms with Crippen LogP contribution in [0.25, 0.3) is 0 Å². The summed E-state index contributed by atoms with van der Waals surface area (Å²) in [6.07, 6.45) is 3.36. The Balaban J connectivity index is 2.16. The Labute approximate surface area is 104 Å². The summed E-state index contributed by atoms with van der Waals surface area (Å²) in [5, 5.41) is 0. The summed E-state index contributed by atoms with van der Waals surface area (Å²) in [5.41, 5.74) is 0. The van der Waals surface area contributed by atoms with Crippen LogP contribution in [0.5, 0.6) is 0 Å². The number of ketones is 1. The van der Waals surface area contributed by atoms with Crippen LogP contribution >= 0.6 is 0 Å². The molecular formula is C14H18OSe. The number of hydrogen-bond donors (Lipinski definition) is 0. The van der Waals surface area contributed by atoms with Crippen molar-refractivity contribution in [2.75, 3.05) is 0 Å². The van der Waals surface area contributed by atoms with Crippen molar-refractivity contribution in [3.63, 3.8) is 0 Å². The van der Waals surface area contributed by atoms with E-state index in [1.807, 2.05) is 6.07 Å².